The van der Waals surface area contributed by atoms with Crippen molar-refractivity contribution >= 4 is 28.4 Å². The second-order valence-electron chi connectivity index (χ2n) is 6.68. The van der Waals surface area contributed by atoms with Crippen molar-refractivity contribution in [1.29, 1.82) is 0 Å². The second kappa shape index (κ2) is 7.51. The SMILES string of the molecule is Cn1c(=O)c2c(ncn2CC(=O)N[C@@H](c2ccccc2)c2cccs2)n(C)c1=O. The highest BCUT2D eigenvalue weighted by atomic mass is 32.1. The molecule has 1 atom stereocenters. The van der Waals surface area contributed by atoms with E-state index in [1.165, 1.54) is 22.5 Å². The number of nitrogens with zero attached hydrogens (tertiary/aromatic N) is 4. The lowest BCUT2D eigenvalue weighted by molar-refractivity contribution is -0.122. The molecule has 0 spiro atoms. The minimum atomic E-state index is -0.480. The van der Waals surface area contributed by atoms with E-state index in [2.05, 4.69) is 10.3 Å². The first kappa shape index (κ1) is 18.9. The van der Waals surface area contributed by atoms with Crippen LogP contribution in [0, 0.1) is 0 Å². The van der Waals surface area contributed by atoms with E-state index in [1.807, 2.05) is 47.8 Å². The first-order chi connectivity index (χ1) is 14.0. The normalized spacial score (nSPS) is 12.2. The summed E-state index contributed by atoms with van der Waals surface area (Å²) in [5.74, 6) is -0.262. The number of hydrogen-bond acceptors (Lipinski definition) is 5. The first-order valence-corrected chi connectivity index (χ1v) is 9.84. The van der Waals surface area contributed by atoms with E-state index >= 15 is 0 Å². The third-order valence-electron chi connectivity index (χ3n) is 4.80. The molecule has 0 unspecified atom stereocenters. The number of fused-ring (bicyclic) bond motifs is 1. The Bertz CT molecular complexity index is 1290. The van der Waals surface area contributed by atoms with Gasteiger partial charge in [-0.3, -0.25) is 18.7 Å². The zero-order chi connectivity index (χ0) is 20.5. The highest BCUT2D eigenvalue weighted by Gasteiger charge is 2.20. The molecule has 0 aliphatic rings. The lowest BCUT2D eigenvalue weighted by Crippen LogP contribution is -2.38. The molecule has 0 fully saturated rings. The summed E-state index contributed by atoms with van der Waals surface area (Å²) in [5, 5.41) is 5.01. The number of nitrogens with one attached hydrogen (secondary N) is 1. The van der Waals surface area contributed by atoms with Crippen LogP contribution in [0.25, 0.3) is 11.2 Å². The maximum Gasteiger partial charge on any atom is 0.332 e. The zero-order valence-electron chi connectivity index (χ0n) is 15.9. The van der Waals surface area contributed by atoms with Gasteiger partial charge in [0.25, 0.3) is 5.56 Å². The first-order valence-electron chi connectivity index (χ1n) is 8.96. The lowest BCUT2D eigenvalue weighted by Gasteiger charge is -2.18. The van der Waals surface area contributed by atoms with Gasteiger partial charge in [0.2, 0.25) is 5.91 Å². The van der Waals surface area contributed by atoms with Crippen molar-refractivity contribution in [2.45, 2.75) is 12.6 Å². The van der Waals surface area contributed by atoms with Crippen LogP contribution in [0.15, 0.2) is 63.8 Å². The van der Waals surface area contributed by atoms with Crippen molar-refractivity contribution in [2.75, 3.05) is 0 Å². The van der Waals surface area contributed by atoms with Crippen LogP contribution in [-0.2, 0) is 25.4 Å². The van der Waals surface area contributed by atoms with Crippen molar-refractivity contribution in [1.82, 2.24) is 24.0 Å². The van der Waals surface area contributed by atoms with Crippen LogP contribution in [0.2, 0.25) is 0 Å². The second-order valence-corrected chi connectivity index (χ2v) is 7.66. The molecule has 1 N–H and O–H groups in total. The summed E-state index contributed by atoms with van der Waals surface area (Å²) in [6.07, 6.45) is 1.41. The molecule has 1 aromatic carbocycles. The average molecular weight is 409 g/mol. The molecule has 4 aromatic rings. The number of thiophene rings is 1. The molecule has 3 heterocycles. The van der Waals surface area contributed by atoms with Gasteiger partial charge in [0, 0.05) is 19.0 Å². The molecule has 0 aliphatic heterocycles. The Labute approximate surface area is 169 Å². The molecular weight excluding hydrogens is 390 g/mol. The number of hydrogen-bond donors (Lipinski definition) is 1. The number of carbonyl (C=O) groups excluding carboxylic acids is 1. The molecule has 3 aromatic heterocycles. The van der Waals surface area contributed by atoms with E-state index in [0.29, 0.717) is 0 Å². The molecule has 0 radical (unpaired) electrons. The van der Waals surface area contributed by atoms with E-state index in [0.717, 1.165) is 15.0 Å². The molecule has 0 bridgehead atoms. The summed E-state index contributed by atoms with van der Waals surface area (Å²) >= 11 is 1.56. The molecule has 1 amide bonds. The minimum absolute atomic E-state index is 0.0847. The van der Waals surface area contributed by atoms with Gasteiger partial charge in [0.15, 0.2) is 11.2 Å². The Morgan fingerprint density at radius 2 is 1.86 bits per heavy atom. The maximum atomic E-state index is 12.8. The Morgan fingerprint density at radius 3 is 2.55 bits per heavy atom. The van der Waals surface area contributed by atoms with Gasteiger partial charge in [-0.25, -0.2) is 9.78 Å². The number of imidazole rings is 1. The lowest BCUT2D eigenvalue weighted by atomic mass is 10.1. The smallest absolute Gasteiger partial charge is 0.332 e. The van der Waals surface area contributed by atoms with Crippen LogP contribution in [0.3, 0.4) is 0 Å². The number of aromatic nitrogens is 4. The molecule has 9 heteroatoms. The Balaban J connectivity index is 1.66. The van der Waals surface area contributed by atoms with E-state index in [9.17, 15) is 14.4 Å². The molecule has 8 nitrogen and oxygen atoms in total. The number of amides is 1. The highest BCUT2D eigenvalue weighted by molar-refractivity contribution is 7.10. The molecule has 148 valence electrons. The minimum Gasteiger partial charge on any atom is -0.343 e. The molecule has 0 saturated carbocycles. The molecule has 0 saturated heterocycles. The molecule has 4 rings (SSSR count). The Kier molecular flexibility index (Phi) is 4.89. The topological polar surface area (TPSA) is 90.9 Å². The summed E-state index contributed by atoms with van der Waals surface area (Å²) in [6.45, 7) is -0.0847. The van der Waals surface area contributed by atoms with Gasteiger partial charge >= 0.3 is 5.69 Å². The van der Waals surface area contributed by atoms with Crippen LogP contribution in [0.1, 0.15) is 16.5 Å². The Morgan fingerprint density at radius 1 is 1.10 bits per heavy atom. The maximum absolute atomic E-state index is 12.8. The molecule has 0 aliphatic carbocycles. The summed E-state index contributed by atoms with van der Waals surface area (Å²) in [5.41, 5.74) is 0.503. The fourth-order valence-corrected chi connectivity index (χ4v) is 4.10. The van der Waals surface area contributed by atoms with Crippen molar-refractivity contribution in [2.24, 2.45) is 14.1 Å². The van der Waals surface area contributed by atoms with E-state index in [4.69, 9.17) is 0 Å². The Hall–Kier alpha value is -3.46. The van der Waals surface area contributed by atoms with Gasteiger partial charge in [0.05, 0.1) is 12.4 Å². The highest BCUT2D eigenvalue weighted by Crippen LogP contribution is 2.25. The van der Waals surface area contributed by atoms with Gasteiger partial charge in [-0.2, -0.15) is 0 Å². The third-order valence-corrected chi connectivity index (χ3v) is 5.73. The van der Waals surface area contributed by atoms with Crippen LogP contribution in [0.5, 0.6) is 0 Å². The van der Waals surface area contributed by atoms with Crippen molar-refractivity contribution < 1.29 is 4.79 Å². The molecule has 29 heavy (non-hydrogen) atoms. The van der Waals surface area contributed by atoms with Gasteiger partial charge in [-0.05, 0) is 17.0 Å². The van der Waals surface area contributed by atoms with Crippen molar-refractivity contribution in [3.8, 4) is 0 Å². The number of rotatable bonds is 5. The third kappa shape index (κ3) is 3.40. The fourth-order valence-electron chi connectivity index (χ4n) is 3.30. The van der Waals surface area contributed by atoms with E-state index < -0.39 is 11.2 Å². The average Bonchev–Trinajstić information content (AvgIpc) is 3.40. The van der Waals surface area contributed by atoms with Crippen LogP contribution in [-0.4, -0.2) is 24.6 Å². The van der Waals surface area contributed by atoms with Gasteiger partial charge in [-0.1, -0.05) is 36.4 Å². The monoisotopic (exact) mass is 409 g/mol. The predicted octanol–water partition coefficient (Wildman–Crippen LogP) is 1.40. The summed E-state index contributed by atoms with van der Waals surface area (Å²) < 4.78 is 3.78. The summed E-state index contributed by atoms with van der Waals surface area (Å²) in [7, 11) is 2.95. The van der Waals surface area contributed by atoms with Crippen LogP contribution in [0.4, 0.5) is 0 Å². The predicted molar refractivity (Wildman–Crippen MR) is 111 cm³/mol. The summed E-state index contributed by atoms with van der Waals surface area (Å²) in [6, 6.07) is 13.3. The number of carbonyl (C=O) groups is 1. The largest absolute Gasteiger partial charge is 0.343 e. The van der Waals surface area contributed by atoms with Crippen LogP contribution < -0.4 is 16.6 Å². The standard InChI is InChI=1S/C20H19N5O3S/c1-23-18-17(19(27)24(2)20(23)28)25(12-21-18)11-15(26)22-16(14-9-6-10-29-14)13-7-4-3-5-8-13/h3-10,12,16H,11H2,1-2H3,(H,22,26)/t16-/m0/s1. The number of aryl methyl sites for hydroxylation is 1. The number of benzene rings is 1. The fraction of sp³-hybridized carbons (Fsp3) is 0.200. The van der Waals surface area contributed by atoms with Gasteiger partial charge in [0.1, 0.15) is 6.54 Å². The van der Waals surface area contributed by atoms with Crippen LogP contribution >= 0.6 is 11.3 Å². The molecular formula is C20H19N5O3S. The summed E-state index contributed by atoms with van der Waals surface area (Å²) in [4.78, 5) is 42.6. The van der Waals surface area contributed by atoms with Crippen molar-refractivity contribution in [3.05, 3.63) is 85.5 Å². The van der Waals surface area contributed by atoms with E-state index in [-0.39, 0.29) is 29.7 Å². The van der Waals surface area contributed by atoms with E-state index in [1.54, 1.807) is 18.4 Å². The van der Waals surface area contributed by atoms with Crippen molar-refractivity contribution in [3.63, 3.8) is 0 Å². The van der Waals surface area contributed by atoms with Gasteiger partial charge in [-0.15, -0.1) is 11.3 Å². The zero-order valence-corrected chi connectivity index (χ0v) is 16.7. The quantitative estimate of drug-likeness (QED) is 0.539. The van der Waals surface area contributed by atoms with Gasteiger partial charge < -0.3 is 9.88 Å².